The van der Waals surface area contributed by atoms with E-state index in [0.717, 1.165) is 0 Å². The molecular formula is C10H15F3N2O. The summed E-state index contributed by atoms with van der Waals surface area (Å²) in [6.45, 7) is 5.44. The van der Waals surface area contributed by atoms with Crippen molar-refractivity contribution in [2.75, 3.05) is 19.6 Å². The van der Waals surface area contributed by atoms with Gasteiger partial charge in [0, 0.05) is 26.1 Å². The molecule has 1 amide bonds. The highest BCUT2D eigenvalue weighted by Gasteiger charge is 2.42. The summed E-state index contributed by atoms with van der Waals surface area (Å²) in [5.41, 5.74) is 0.659. The lowest BCUT2D eigenvalue weighted by Crippen LogP contribution is -2.58. The highest BCUT2D eigenvalue weighted by Crippen LogP contribution is 2.22. The van der Waals surface area contributed by atoms with Gasteiger partial charge in [-0.05, 0) is 6.92 Å². The number of hydrogen-bond donors (Lipinski definition) is 1. The molecule has 0 aromatic heterocycles. The van der Waals surface area contributed by atoms with Gasteiger partial charge in [-0.2, -0.15) is 13.2 Å². The predicted molar refractivity (Wildman–Crippen MR) is 53.9 cm³/mol. The second kappa shape index (κ2) is 4.86. The molecule has 0 radical (unpaired) electrons. The molecule has 1 unspecified atom stereocenters. The molecule has 16 heavy (non-hydrogen) atoms. The number of carbonyl (C=O) groups is 1. The van der Waals surface area contributed by atoms with Crippen LogP contribution < -0.4 is 5.32 Å². The minimum atomic E-state index is -4.30. The Morgan fingerprint density at radius 2 is 2.19 bits per heavy atom. The number of carbonyl (C=O) groups excluding carboxylic acids is 1. The predicted octanol–water partition coefficient (Wildman–Crippen LogP) is 1.32. The Balaban J connectivity index is 2.57. The van der Waals surface area contributed by atoms with Crippen molar-refractivity contribution in [3.8, 4) is 0 Å². The number of halogens is 3. The van der Waals surface area contributed by atoms with E-state index in [-0.39, 0.29) is 25.4 Å². The Kier molecular flexibility index (Phi) is 3.96. The minimum Gasteiger partial charge on any atom is -0.339 e. The maximum absolute atomic E-state index is 12.4. The van der Waals surface area contributed by atoms with Crippen LogP contribution in [0.15, 0.2) is 12.2 Å². The van der Waals surface area contributed by atoms with Gasteiger partial charge in [0.05, 0.1) is 0 Å². The van der Waals surface area contributed by atoms with E-state index in [4.69, 9.17) is 0 Å². The third-order valence-corrected chi connectivity index (χ3v) is 2.38. The van der Waals surface area contributed by atoms with Gasteiger partial charge in [-0.25, -0.2) is 0 Å². The van der Waals surface area contributed by atoms with Crippen molar-refractivity contribution in [2.24, 2.45) is 0 Å². The molecule has 0 aliphatic carbocycles. The van der Waals surface area contributed by atoms with Crippen LogP contribution in [0.25, 0.3) is 0 Å². The summed E-state index contributed by atoms with van der Waals surface area (Å²) < 4.78 is 37.3. The van der Waals surface area contributed by atoms with Gasteiger partial charge in [-0.15, -0.1) is 0 Å². The summed E-state index contributed by atoms with van der Waals surface area (Å²) in [5.74, 6) is -0.289. The zero-order valence-corrected chi connectivity index (χ0v) is 9.10. The molecule has 1 N–H and O–H groups in total. The summed E-state index contributed by atoms with van der Waals surface area (Å²) in [6, 6.07) is -1.62. The van der Waals surface area contributed by atoms with Gasteiger partial charge >= 0.3 is 6.18 Å². The fourth-order valence-electron chi connectivity index (χ4n) is 1.57. The number of nitrogens with one attached hydrogen (secondary N) is 1. The van der Waals surface area contributed by atoms with E-state index in [1.165, 1.54) is 4.90 Å². The van der Waals surface area contributed by atoms with E-state index in [9.17, 15) is 18.0 Å². The first-order chi connectivity index (χ1) is 7.30. The van der Waals surface area contributed by atoms with Gasteiger partial charge < -0.3 is 10.2 Å². The smallest absolute Gasteiger partial charge is 0.339 e. The number of nitrogens with zero attached hydrogens (tertiary/aromatic N) is 1. The number of amides is 1. The molecule has 1 fully saturated rings. The SMILES string of the molecule is C=C(C)CC(=O)N1CCNC(C(F)(F)F)C1. The van der Waals surface area contributed by atoms with E-state index in [2.05, 4.69) is 11.9 Å². The highest BCUT2D eigenvalue weighted by atomic mass is 19.4. The molecule has 1 aliphatic rings. The van der Waals surface area contributed by atoms with Crippen LogP contribution in [0.2, 0.25) is 0 Å². The van der Waals surface area contributed by atoms with Crippen LogP contribution in [0.4, 0.5) is 13.2 Å². The summed E-state index contributed by atoms with van der Waals surface area (Å²) in [5, 5.41) is 2.36. The first-order valence-electron chi connectivity index (χ1n) is 5.03. The molecule has 3 nitrogen and oxygen atoms in total. The summed E-state index contributed by atoms with van der Waals surface area (Å²) in [7, 11) is 0. The Morgan fingerprint density at radius 3 is 2.69 bits per heavy atom. The van der Waals surface area contributed by atoms with Crippen molar-refractivity contribution in [3.05, 3.63) is 12.2 Å². The third kappa shape index (κ3) is 3.52. The maximum atomic E-state index is 12.4. The van der Waals surface area contributed by atoms with E-state index in [0.29, 0.717) is 12.1 Å². The average molecular weight is 236 g/mol. The summed E-state index contributed by atoms with van der Waals surface area (Å²) >= 11 is 0. The zero-order chi connectivity index (χ0) is 12.3. The summed E-state index contributed by atoms with van der Waals surface area (Å²) in [6.07, 6.45) is -4.19. The van der Waals surface area contributed by atoms with Gasteiger partial charge in [-0.3, -0.25) is 4.79 Å². The Labute approximate surface area is 92.3 Å². The monoisotopic (exact) mass is 236 g/mol. The molecule has 1 aliphatic heterocycles. The van der Waals surface area contributed by atoms with Crippen LogP contribution in [0.3, 0.4) is 0 Å². The van der Waals surface area contributed by atoms with Gasteiger partial charge in [0.2, 0.25) is 5.91 Å². The number of hydrogen-bond acceptors (Lipinski definition) is 2. The van der Waals surface area contributed by atoms with Gasteiger partial charge in [0.1, 0.15) is 6.04 Å². The number of rotatable bonds is 2. The maximum Gasteiger partial charge on any atom is 0.405 e. The lowest BCUT2D eigenvalue weighted by atomic mass is 10.1. The van der Waals surface area contributed by atoms with Crippen molar-refractivity contribution in [1.29, 1.82) is 0 Å². The van der Waals surface area contributed by atoms with E-state index >= 15 is 0 Å². The van der Waals surface area contributed by atoms with Crippen LogP contribution >= 0.6 is 0 Å². The molecule has 6 heteroatoms. The standard InChI is InChI=1S/C10H15F3N2O/c1-7(2)5-9(16)15-4-3-14-8(6-15)10(11,12)13/h8,14H,1,3-6H2,2H3. The van der Waals surface area contributed by atoms with Crippen LogP contribution in [-0.4, -0.2) is 42.7 Å². The Bertz CT molecular complexity index is 288. The highest BCUT2D eigenvalue weighted by molar-refractivity contribution is 5.78. The lowest BCUT2D eigenvalue weighted by Gasteiger charge is -2.34. The molecule has 0 bridgehead atoms. The molecule has 0 aromatic carbocycles. The van der Waals surface area contributed by atoms with Crippen molar-refractivity contribution < 1.29 is 18.0 Å². The van der Waals surface area contributed by atoms with Gasteiger partial charge in [-0.1, -0.05) is 12.2 Å². The average Bonchev–Trinajstić information content (AvgIpc) is 2.15. The fourth-order valence-corrected chi connectivity index (χ4v) is 1.57. The van der Waals surface area contributed by atoms with Crippen molar-refractivity contribution >= 4 is 5.91 Å². The molecule has 0 spiro atoms. The number of piperazine rings is 1. The molecule has 0 aromatic rings. The lowest BCUT2D eigenvalue weighted by molar-refractivity contribution is -0.167. The topological polar surface area (TPSA) is 32.3 Å². The summed E-state index contributed by atoms with van der Waals surface area (Å²) in [4.78, 5) is 12.8. The van der Waals surface area contributed by atoms with Crippen LogP contribution in [0.1, 0.15) is 13.3 Å². The second-order valence-corrected chi connectivity index (χ2v) is 4.02. The van der Waals surface area contributed by atoms with Crippen LogP contribution in [0.5, 0.6) is 0 Å². The van der Waals surface area contributed by atoms with Gasteiger partial charge in [0.25, 0.3) is 0 Å². The second-order valence-electron chi connectivity index (χ2n) is 4.02. The number of alkyl halides is 3. The first-order valence-corrected chi connectivity index (χ1v) is 5.03. The van der Waals surface area contributed by atoms with Crippen LogP contribution in [0, 0.1) is 0 Å². The van der Waals surface area contributed by atoms with Crippen molar-refractivity contribution in [2.45, 2.75) is 25.6 Å². The molecule has 92 valence electrons. The quantitative estimate of drug-likeness (QED) is 0.733. The molecule has 0 saturated carbocycles. The molecule has 1 atom stereocenters. The van der Waals surface area contributed by atoms with Crippen molar-refractivity contribution in [3.63, 3.8) is 0 Å². The normalized spacial score (nSPS) is 22.0. The molecule has 1 heterocycles. The minimum absolute atomic E-state index is 0.116. The van der Waals surface area contributed by atoms with E-state index in [1.54, 1.807) is 6.92 Å². The largest absolute Gasteiger partial charge is 0.405 e. The van der Waals surface area contributed by atoms with E-state index < -0.39 is 12.2 Å². The van der Waals surface area contributed by atoms with Gasteiger partial charge in [0.15, 0.2) is 0 Å². The Hall–Kier alpha value is -1.04. The molecule has 1 rings (SSSR count). The zero-order valence-electron chi connectivity index (χ0n) is 9.10. The molecule has 1 saturated heterocycles. The van der Waals surface area contributed by atoms with Crippen molar-refractivity contribution in [1.82, 2.24) is 10.2 Å². The fraction of sp³-hybridized carbons (Fsp3) is 0.700. The third-order valence-electron chi connectivity index (χ3n) is 2.38. The van der Waals surface area contributed by atoms with E-state index in [1.807, 2.05) is 0 Å². The Morgan fingerprint density at radius 1 is 1.56 bits per heavy atom. The first kappa shape index (κ1) is 13.0. The molecular weight excluding hydrogens is 221 g/mol. The van der Waals surface area contributed by atoms with Crippen LogP contribution in [-0.2, 0) is 4.79 Å².